The van der Waals surface area contributed by atoms with Crippen LogP contribution in [0.3, 0.4) is 0 Å². The summed E-state index contributed by atoms with van der Waals surface area (Å²) in [4.78, 5) is 26.7. The Morgan fingerprint density at radius 1 is 1.21 bits per heavy atom. The van der Waals surface area contributed by atoms with E-state index in [-0.39, 0.29) is 36.4 Å². The molecule has 0 aliphatic carbocycles. The van der Waals surface area contributed by atoms with E-state index in [0.29, 0.717) is 44.0 Å². The number of piperidine rings is 1. The quantitative estimate of drug-likeness (QED) is 0.538. The number of rotatable bonds is 8. The SMILES string of the molecule is CCOc1cccc2c1O[C@@](C)(CCC(=O)O)[C@@H]1C[C@@H]3CN(C(=O)Cc4cccc(OC)c4)CC[C@H]3O[C@@H]21. The van der Waals surface area contributed by atoms with Gasteiger partial charge in [0.05, 0.1) is 32.3 Å². The molecule has 3 heterocycles. The number of para-hydroxylation sites is 1. The summed E-state index contributed by atoms with van der Waals surface area (Å²) in [5.41, 5.74) is 1.16. The van der Waals surface area contributed by atoms with Gasteiger partial charge in [-0.25, -0.2) is 0 Å². The molecule has 8 nitrogen and oxygen atoms in total. The summed E-state index contributed by atoms with van der Waals surface area (Å²) in [5.74, 6) is 1.42. The molecule has 3 aliphatic heterocycles. The van der Waals surface area contributed by atoms with Gasteiger partial charge in [-0.15, -0.1) is 0 Å². The Balaban J connectivity index is 1.37. The predicted molar refractivity (Wildman–Crippen MR) is 141 cm³/mol. The zero-order valence-corrected chi connectivity index (χ0v) is 22.4. The minimum Gasteiger partial charge on any atom is -0.497 e. The maximum atomic E-state index is 13.2. The summed E-state index contributed by atoms with van der Waals surface area (Å²) in [5, 5.41) is 9.46. The van der Waals surface area contributed by atoms with Crippen LogP contribution in [0, 0.1) is 11.8 Å². The van der Waals surface area contributed by atoms with Crippen LogP contribution in [0.4, 0.5) is 0 Å². The van der Waals surface area contributed by atoms with Crippen LogP contribution in [0.5, 0.6) is 17.2 Å². The molecule has 5 atom stereocenters. The van der Waals surface area contributed by atoms with E-state index in [0.717, 1.165) is 29.7 Å². The van der Waals surface area contributed by atoms with E-state index in [1.54, 1.807) is 7.11 Å². The molecule has 1 N–H and O–H groups in total. The molecule has 0 bridgehead atoms. The Kier molecular flexibility index (Phi) is 7.52. The third kappa shape index (κ3) is 5.19. The third-order valence-corrected chi connectivity index (χ3v) is 8.32. The summed E-state index contributed by atoms with van der Waals surface area (Å²) in [6.07, 6.45) is 2.08. The molecule has 0 saturated carbocycles. The van der Waals surface area contributed by atoms with Crippen LogP contribution >= 0.6 is 0 Å². The fraction of sp³-hybridized carbons (Fsp3) is 0.533. The molecule has 2 saturated heterocycles. The number of methoxy groups -OCH3 is 1. The molecule has 2 aromatic rings. The lowest BCUT2D eigenvalue weighted by atomic mass is 9.68. The van der Waals surface area contributed by atoms with Crippen LogP contribution in [-0.2, 0) is 20.7 Å². The van der Waals surface area contributed by atoms with Crippen molar-refractivity contribution < 1.29 is 33.6 Å². The average Bonchev–Trinajstić information content (AvgIpc) is 2.92. The molecule has 0 unspecified atom stereocenters. The average molecular weight is 524 g/mol. The zero-order chi connectivity index (χ0) is 26.9. The van der Waals surface area contributed by atoms with Crippen LogP contribution in [0.1, 0.15) is 56.8 Å². The summed E-state index contributed by atoms with van der Waals surface area (Å²) in [6.45, 7) is 5.71. The molecule has 3 aliphatic rings. The first-order valence-electron chi connectivity index (χ1n) is 13.5. The van der Waals surface area contributed by atoms with Crippen molar-refractivity contribution in [2.45, 2.75) is 63.8 Å². The van der Waals surface area contributed by atoms with Gasteiger partial charge in [0.2, 0.25) is 5.91 Å². The van der Waals surface area contributed by atoms with Crippen LogP contribution in [0.15, 0.2) is 42.5 Å². The summed E-state index contributed by atoms with van der Waals surface area (Å²) in [6, 6.07) is 13.5. The molecular weight excluding hydrogens is 486 g/mol. The van der Waals surface area contributed by atoms with Crippen molar-refractivity contribution in [2.75, 3.05) is 26.8 Å². The van der Waals surface area contributed by atoms with Crippen LogP contribution in [-0.4, -0.2) is 60.4 Å². The van der Waals surface area contributed by atoms with Gasteiger partial charge in [0.25, 0.3) is 0 Å². The number of aliphatic carboxylic acids is 1. The second-order valence-electron chi connectivity index (χ2n) is 10.8. The van der Waals surface area contributed by atoms with Gasteiger partial charge in [0.1, 0.15) is 11.4 Å². The van der Waals surface area contributed by atoms with Crippen molar-refractivity contribution in [2.24, 2.45) is 11.8 Å². The molecule has 2 aromatic carbocycles. The highest BCUT2D eigenvalue weighted by atomic mass is 16.5. The van der Waals surface area contributed by atoms with E-state index in [4.69, 9.17) is 18.9 Å². The fourth-order valence-corrected chi connectivity index (χ4v) is 6.34. The number of hydrogen-bond acceptors (Lipinski definition) is 6. The Bertz CT molecular complexity index is 1180. The minimum absolute atomic E-state index is 0.00506. The van der Waals surface area contributed by atoms with E-state index < -0.39 is 11.6 Å². The first-order chi connectivity index (χ1) is 18.3. The standard InChI is InChI=1S/C30H37NO7/c1-4-36-25-10-6-9-22-28-23(30(2,38-29(22)25)13-11-27(33)34)17-20-18-31(14-12-24(20)37-28)26(32)16-19-7-5-8-21(15-19)35-3/h5-10,15,20,23-24,28H,4,11-14,16-18H2,1-3H3,(H,33,34)/t20-,23-,24-,28+,30+/m1/s1. The van der Waals surface area contributed by atoms with E-state index in [9.17, 15) is 14.7 Å². The monoisotopic (exact) mass is 523 g/mol. The number of ether oxygens (including phenoxy) is 4. The highest BCUT2D eigenvalue weighted by Crippen LogP contribution is 2.56. The van der Waals surface area contributed by atoms with Crippen molar-refractivity contribution in [3.8, 4) is 17.2 Å². The maximum Gasteiger partial charge on any atom is 0.303 e. The number of carbonyl (C=O) groups is 2. The predicted octanol–water partition coefficient (Wildman–Crippen LogP) is 4.65. The first-order valence-corrected chi connectivity index (χ1v) is 13.5. The van der Waals surface area contributed by atoms with E-state index >= 15 is 0 Å². The van der Waals surface area contributed by atoms with Crippen LogP contribution < -0.4 is 14.2 Å². The lowest BCUT2D eigenvalue weighted by molar-refractivity contribution is -0.194. The maximum absolute atomic E-state index is 13.2. The van der Waals surface area contributed by atoms with Crippen LogP contribution in [0.25, 0.3) is 0 Å². The Morgan fingerprint density at radius 3 is 2.79 bits per heavy atom. The minimum atomic E-state index is -0.850. The number of benzene rings is 2. The zero-order valence-electron chi connectivity index (χ0n) is 22.4. The number of fused-ring (bicyclic) bond motifs is 4. The van der Waals surface area contributed by atoms with E-state index in [1.165, 1.54) is 0 Å². The number of amides is 1. The second-order valence-corrected chi connectivity index (χ2v) is 10.8. The smallest absolute Gasteiger partial charge is 0.303 e. The molecule has 0 spiro atoms. The summed E-state index contributed by atoms with van der Waals surface area (Å²) in [7, 11) is 1.62. The molecule has 8 heteroatoms. The lowest BCUT2D eigenvalue weighted by Gasteiger charge is -2.54. The van der Waals surface area contributed by atoms with Crippen molar-refractivity contribution >= 4 is 11.9 Å². The Morgan fingerprint density at radius 2 is 2.03 bits per heavy atom. The fourth-order valence-electron chi connectivity index (χ4n) is 6.34. The Labute approximate surface area is 223 Å². The summed E-state index contributed by atoms with van der Waals surface area (Å²) >= 11 is 0. The van der Waals surface area contributed by atoms with Crippen molar-refractivity contribution in [1.82, 2.24) is 4.90 Å². The first kappa shape index (κ1) is 26.4. The van der Waals surface area contributed by atoms with Gasteiger partial charge in [-0.05, 0) is 56.9 Å². The van der Waals surface area contributed by atoms with Crippen molar-refractivity contribution in [3.05, 3.63) is 53.6 Å². The lowest BCUT2D eigenvalue weighted by Crippen LogP contribution is -2.57. The highest BCUT2D eigenvalue weighted by Gasteiger charge is 2.54. The van der Waals surface area contributed by atoms with Gasteiger partial charge in [0.15, 0.2) is 11.5 Å². The van der Waals surface area contributed by atoms with Gasteiger partial charge in [-0.3, -0.25) is 9.59 Å². The second kappa shape index (κ2) is 10.8. The van der Waals surface area contributed by atoms with Gasteiger partial charge in [-0.1, -0.05) is 24.3 Å². The molecule has 38 heavy (non-hydrogen) atoms. The summed E-state index contributed by atoms with van der Waals surface area (Å²) < 4.78 is 24.6. The molecule has 204 valence electrons. The number of nitrogens with zero attached hydrogens (tertiary/aromatic N) is 1. The topological polar surface area (TPSA) is 94.5 Å². The van der Waals surface area contributed by atoms with E-state index in [1.807, 2.05) is 61.2 Å². The Hall–Kier alpha value is -3.26. The van der Waals surface area contributed by atoms with Crippen molar-refractivity contribution in [1.29, 1.82) is 0 Å². The molecule has 0 aromatic heterocycles. The van der Waals surface area contributed by atoms with E-state index in [2.05, 4.69) is 0 Å². The molecule has 1 amide bonds. The highest BCUT2D eigenvalue weighted by molar-refractivity contribution is 5.79. The van der Waals surface area contributed by atoms with Crippen LogP contribution in [0.2, 0.25) is 0 Å². The normalized spacial score (nSPS) is 27.8. The number of hydrogen-bond donors (Lipinski definition) is 1. The number of carbonyl (C=O) groups excluding carboxylic acids is 1. The molecular formula is C30H37NO7. The number of carboxylic acids is 1. The van der Waals surface area contributed by atoms with Crippen molar-refractivity contribution in [3.63, 3.8) is 0 Å². The molecule has 5 rings (SSSR count). The molecule has 0 radical (unpaired) electrons. The third-order valence-electron chi connectivity index (χ3n) is 8.32. The number of likely N-dealkylation sites (tertiary alicyclic amines) is 1. The van der Waals surface area contributed by atoms with Gasteiger partial charge in [0, 0.05) is 36.9 Å². The largest absolute Gasteiger partial charge is 0.497 e. The van der Waals surface area contributed by atoms with Gasteiger partial charge in [-0.2, -0.15) is 0 Å². The molecule has 2 fully saturated rings. The van der Waals surface area contributed by atoms with Gasteiger partial charge < -0.3 is 29.0 Å². The van der Waals surface area contributed by atoms with Gasteiger partial charge >= 0.3 is 5.97 Å². The number of carboxylic acid groups (broad SMARTS) is 1.